The summed E-state index contributed by atoms with van der Waals surface area (Å²) >= 11 is 0. The van der Waals surface area contributed by atoms with Crippen LogP contribution in [0, 0.1) is 6.92 Å². The highest BCUT2D eigenvalue weighted by molar-refractivity contribution is 6.70. The number of rotatable bonds is 3. The Balaban J connectivity index is 2.78. The molecule has 1 radical (unpaired) electrons. The molecule has 0 aliphatic heterocycles. The van der Waals surface area contributed by atoms with E-state index in [0.29, 0.717) is 0 Å². The molecule has 0 saturated carbocycles. The summed E-state index contributed by atoms with van der Waals surface area (Å²) in [5.41, 5.74) is 1.23. The zero-order valence-electron chi connectivity index (χ0n) is 8.63. The van der Waals surface area contributed by atoms with Gasteiger partial charge in [-0.25, -0.2) is 0 Å². The first-order valence-electron chi connectivity index (χ1n) is 4.58. The highest BCUT2D eigenvalue weighted by Crippen LogP contribution is 2.17. The molecule has 13 heavy (non-hydrogen) atoms. The van der Waals surface area contributed by atoms with Crippen molar-refractivity contribution in [3.63, 3.8) is 0 Å². The number of hydrogen-bond acceptors (Lipinski definition) is 1. The minimum atomic E-state index is -1.45. The summed E-state index contributed by atoms with van der Waals surface area (Å²) < 4.78 is 5.86. The summed E-state index contributed by atoms with van der Waals surface area (Å²) in [5, 5.41) is 0. The lowest BCUT2D eigenvalue weighted by Gasteiger charge is -2.19. The zero-order valence-corrected chi connectivity index (χ0v) is 9.63. The molecule has 2 heteroatoms. The van der Waals surface area contributed by atoms with E-state index >= 15 is 0 Å². The van der Waals surface area contributed by atoms with Gasteiger partial charge in [0.25, 0.3) is 0 Å². The van der Waals surface area contributed by atoms with Gasteiger partial charge in [-0.3, -0.25) is 0 Å². The molecule has 0 N–H and O–H groups in total. The van der Waals surface area contributed by atoms with Gasteiger partial charge in [0.2, 0.25) is 8.32 Å². The fourth-order valence-corrected chi connectivity index (χ4v) is 1.95. The van der Waals surface area contributed by atoms with E-state index < -0.39 is 8.32 Å². The monoisotopic (exact) mass is 193 g/mol. The molecule has 0 spiro atoms. The third-order valence-corrected chi connectivity index (χ3v) is 2.46. The Hall–Kier alpha value is -0.763. The van der Waals surface area contributed by atoms with Gasteiger partial charge in [0.1, 0.15) is 5.75 Å². The summed E-state index contributed by atoms with van der Waals surface area (Å²) in [4.78, 5) is 0. The van der Waals surface area contributed by atoms with Gasteiger partial charge >= 0.3 is 0 Å². The van der Waals surface area contributed by atoms with Crippen LogP contribution in [0.5, 0.6) is 5.75 Å². The Labute approximate surface area is 81.9 Å². The summed E-state index contributed by atoms with van der Waals surface area (Å²) in [6.45, 7) is 10.4. The van der Waals surface area contributed by atoms with E-state index in [2.05, 4.69) is 38.7 Å². The maximum absolute atomic E-state index is 5.86. The largest absolute Gasteiger partial charge is 0.544 e. The lowest BCUT2D eigenvalue weighted by Crippen LogP contribution is -2.29. The second-order valence-electron chi connectivity index (χ2n) is 4.11. The van der Waals surface area contributed by atoms with E-state index in [4.69, 9.17) is 4.43 Å². The van der Waals surface area contributed by atoms with Crippen LogP contribution in [-0.2, 0) is 6.42 Å². The molecule has 0 amide bonds. The summed E-state index contributed by atoms with van der Waals surface area (Å²) in [5.74, 6) is 0.986. The molecule has 0 heterocycles. The van der Waals surface area contributed by atoms with Crippen LogP contribution < -0.4 is 4.43 Å². The van der Waals surface area contributed by atoms with Crippen molar-refractivity contribution in [3.05, 3.63) is 36.8 Å². The quantitative estimate of drug-likeness (QED) is 0.669. The average Bonchev–Trinajstić information content (AvgIpc) is 2.01. The van der Waals surface area contributed by atoms with Crippen molar-refractivity contribution in [2.75, 3.05) is 0 Å². The molecule has 0 aromatic heterocycles. The van der Waals surface area contributed by atoms with E-state index in [1.165, 1.54) is 5.56 Å². The van der Waals surface area contributed by atoms with Crippen LogP contribution in [0.1, 0.15) is 5.56 Å². The van der Waals surface area contributed by atoms with Crippen LogP contribution in [-0.4, -0.2) is 8.32 Å². The molecule has 0 saturated heterocycles. The fraction of sp³-hybridized carbons (Fsp3) is 0.364. The van der Waals surface area contributed by atoms with E-state index in [-0.39, 0.29) is 0 Å². The molecule has 1 aromatic carbocycles. The van der Waals surface area contributed by atoms with Crippen molar-refractivity contribution in [2.24, 2.45) is 0 Å². The van der Waals surface area contributed by atoms with Gasteiger partial charge < -0.3 is 4.43 Å². The van der Waals surface area contributed by atoms with Crippen LogP contribution in [0.15, 0.2) is 24.3 Å². The van der Waals surface area contributed by atoms with Gasteiger partial charge in [-0.1, -0.05) is 12.1 Å². The van der Waals surface area contributed by atoms with Gasteiger partial charge in [-0.2, -0.15) is 0 Å². The van der Waals surface area contributed by atoms with Crippen molar-refractivity contribution < 1.29 is 4.43 Å². The molecular weight excluding hydrogens is 176 g/mol. The van der Waals surface area contributed by atoms with Gasteiger partial charge in [0.15, 0.2) is 0 Å². The van der Waals surface area contributed by atoms with Gasteiger partial charge in [-0.15, -0.1) is 0 Å². The summed E-state index contributed by atoms with van der Waals surface area (Å²) in [6.07, 6.45) is 0.822. The summed E-state index contributed by atoms with van der Waals surface area (Å²) in [6, 6.07) is 8.18. The van der Waals surface area contributed by atoms with E-state index in [9.17, 15) is 0 Å². The lowest BCUT2D eigenvalue weighted by molar-refractivity contribution is 0.557. The first-order chi connectivity index (χ1) is 6.01. The van der Waals surface area contributed by atoms with Crippen LogP contribution in [0.4, 0.5) is 0 Å². The van der Waals surface area contributed by atoms with Gasteiger partial charge in [-0.05, 0) is 50.7 Å². The third-order valence-electron chi connectivity index (χ3n) is 1.61. The molecule has 1 nitrogen and oxygen atoms in total. The topological polar surface area (TPSA) is 9.23 Å². The van der Waals surface area contributed by atoms with Crippen LogP contribution in [0.25, 0.3) is 0 Å². The number of benzene rings is 1. The van der Waals surface area contributed by atoms with E-state index in [0.717, 1.165) is 12.2 Å². The lowest BCUT2D eigenvalue weighted by atomic mass is 10.2. The van der Waals surface area contributed by atoms with E-state index in [1.54, 1.807) is 0 Å². The second-order valence-corrected chi connectivity index (χ2v) is 8.54. The van der Waals surface area contributed by atoms with Crippen molar-refractivity contribution >= 4 is 8.32 Å². The summed E-state index contributed by atoms with van der Waals surface area (Å²) in [7, 11) is -1.45. The Morgan fingerprint density at radius 2 is 2.00 bits per heavy atom. The van der Waals surface area contributed by atoms with Gasteiger partial charge in [0.05, 0.1) is 0 Å². The van der Waals surface area contributed by atoms with Crippen molar-refractivity contribution in [1.82, 2.24) is 0 Å². The molecule has 0 fully saturated rings. The molecule has 1 rings (SSSR count). The zero-order chi connectivity index (χ0) is 9.90. The minimum Gasteiger partial charge on any atom is -0.544 e. The molecule has 0 bridgehead atoms. The maximum atomic E-state index is 5.86. The maximum Gasteiger partial charge on any atom is 0.242 e. The molecule has 71 valence electrons. The SMILES string of the molecule is [CH2]Cc1cccc(O[Si](C)(C)C)c1. The Kier molecular flexibility index (Phi) is 3.15. The Bertz CT molecular complexity index is 276. The van der Waals surface area contributed by atoms with Crippen LogP contribution in [0.3, 0.4) is 0 Å². The second kappa shape index (κ2) is 3.96. The first kappa shape index (κ1) is 10.3. The molecule has 0 unspecified atom stereocenters. The van der Waals surface area contributed by atoms with Crippen molar-refractivity contribution in [2.45, 2.75) is 26.1 Å². The highest BCUT2D eigenvalue weighted by atomic mass is 28.4. The molecular formula is C11H17OSi. The predicted molar refractivity (Wildman–Crippen MR) is 59.5 cm³/mol. The predicted octanol–water partition coefficient (Wildman–Crippen LogP) is 3.28. The Morgan fingerprint density at radius 3 is 2.54 bits per heavy atom. The first-order valence-corrected chi connectivity index (χ1v) is 7.99. The third kappa shape index (κ3) is 3.64. The van der Waals surface area contributed by atoms with Gasteiger partial charge in [0, 0.05) is 0 Å². The fourth-order valence-electron chi connectivity index (χ4n) is 1.12. The van der Waals surface area contributed by atoms with Crippen LogP contribution >= 0.6 is 0 Å². The molecule has 0 aliphatic carbocycles. The molecule has 1 aromatic rings. The number of hydrogen-bond donors (Lipinski definition) is 0. The van der Waals surface area contributed by atoms with Crippen molar-refractivity contribution in [1.29, 1.82) is 0 Å². The minimum absolute atomic E-state index is 0.822. The standard InChI is InChI=1S/C11H17OSi/c1-5-10-7-6-8-11(9-10)12-13(2,3)4/h6-9H,1,5H2,2-4H3. The average molecular weight is 193 g/mol. The van der Waals surface area contributed by atoms with Crippen molar-refractivity contribution in [3.8, 4) is 5.75 Å². The van der Waals surface area contributed by atoms with Crippen LogP contribution in [0.2, 0.25) is 19.6 Å². The molecule has 0 atom stereocenters. The van der Waals surface area contributed by atoms with E-state index in [1.807, 2.05) is 12.1 Å². The highest BCUT2D eigenvalue weighted by Gasteiger charge is 2.15. The smallest absolute Gasteiger partial charge is 0.242 e. The Morgan fingerprint density at radius 1 is 1.31 bits per heavy atom. The normalized spacial score (nSPS) is 11.4. The molecule has 0 aliphatic rings.